The van der Waals surface area contributed by atoms with E-state index in [9.17, 15) is 19.0 Å². The quantitative estimate of drug-likeness (QED) is 0.0156. The summed E-state index contributed by atoms with van der Waals surface area (Å²) in [5, 5.41) is 3.02. The molecule has 0 heterocycles. The first-order chi connectivity index (χ1) is 31.9. The lowest BCUT2D eigenvalue weighted by Gasteiger charge is -2.27. The van der Waals surface area contributed by atoms with Gasteiger partial charge in [-0.1, -0.05) is 196 Å². The molecule has 0 rings (SSSR count). The lowest BCUT2D eigenvalue weighted by Crippen LogP contribution is -2.47. The van der Waals surface area contributed by atoms with E-state index >= 15 is 0 Å². The van der Waals surface area contributed by atoms with Crippen molar-refractivity contribution < 1.29 is 37.3 Å². The molecule has 0 aromatic rings. The number of esters is 1. The van der Waals surface area contributed by atoms with Crippen LogP contribution in [0.1, 0.15) is 207 Å². The van der Waals surface area contributed by atoms with Crippen LogP contribution in [0.5, 0.6) is 0 Å². The van der Waals surface area contributed by atoms with Gasteiger partial charge in [0.25, 0.3) is 0 Å². The monoisotopic (exact) mass is 944 g/mol. The van der Waals surface area contributed by atoms with Crippen molar-refractivity contribution in [3.8, 4) is 0 Å². The molecule has 0 bridgehead atoms. The number of rotatable bonds is 46. The first-order valence-corrected chi connectivity index (χ1v) is 27.9. The fraction of sp³-hybridized carbons (Fsp3) is 0.714. The van der Waals surface area contributed by atoms with Crippen LogP contribution in [0.2, 0.25) is 0 Å². The Morgan fingerprint density at radius 3 is 1.62 bits per heavy atom. The van der Waals surface area contributed by atoms with E-state index in [-0.39, 0.29) is 31.5 Å². The number of phosphoric ester groups is 1. The van der Waals surface area contributed by atoms with E-state index in [1.54, 1.807) is 0 Å². The third-order valence-electron chi connectivity index (χ3n) is 11.1. The van der Waals surface area contributed by atoms with Gasteiger partial charge in [-0.3, -0.25) is 18.6 Å². The van der Waals surface area contributed by atoms with Crippen LogP contribution in [0, 0.1) is 0 Å². The van der Waals surface area contributed by atoms with Crippen molar-refractivity contribution in [2.24, 2.45) is 0 Å². The average molecular weight is 944 g/mol. The minimum atomic E-state index is -4.45. The molecule has 66 heavy (non-hydrogen) atoms. The summed E-state index contributed by atoms with van der Waals surface area (Å²) in [5.74, 6) is -0.562. The molecule has 0 aliphatic rings. The zero-order chi connectivity index (χ0) is 48.7. The molecule has 0 aromatic carbocycles. The summed E-state index contributed by atoms with van der Waals surface area (Å²) in [4.78, 5) is 37.4. The van der Waals surface area contributed by atoms with E-state index < -0.39 is 20.0 Å². The van der Waals surface area contributed by atoms with Crippen molar-refractivity contribution in [1.82, 2.24) is 5.32 Å². The molecule has 2 N–H and O–H groups in total. The smallest absolute Gasteiger partial charge is 0.456 e. The van der Waals surface area contributed by atoms with Gasteiger partial charge in [-0.15, -0.1) is 0 Å². The molecule has 3 atom stereocenters. The Morgan fingerprint density at radius 2 is 1.05 bits per heavy atom. The van der Waals surface area contributed by atoms with Gasteiger partial charge in [0.15, 0.2) is 0 Å². The van der Waals surface area contributed by atoms with E-state index in [1.165, 1.54) is 57.8 Å². The third kappa shape index (κ3) is 46.3. The Bertz CT molecular complexity index is 1410. The van der Waals surface area contributed by atoms with Crippen molar-refractivity contribution in [2.45, 2.75) is 219 Å². The van der Waals surface area contributed by atoms with E-state index in [0.717, 1.165) is 109 Å². The van der Waals surface area contributed by atoms with Gasteiger partial charge in [0.2, 0.25) is 5.91 Å². The van der Waals surface area contributed by atoms with Crippen molar-refractivity contribution in [3.63, 3.8) is 0 Å². The molecule has 380 valence electrons. The molecule has 9 nitrogen and oxygen atoms in total. The Kier molecular flexibility index (Phi) is 44.0. The molecule has 1 amide bonds. The molecule has 0 aliphatic carbocycles. The van der Waals surface area contributed by atoms with Crippen molar-refractivity contribution in [1.29, 1.82) is 0 Å². The maximum Gasteiger partial charge on any atom is 0.472 e. The molecule has 0 aromatic heterocycles. The van der Waals surface area contributed by atoms with Gasteiger partial charge in [-0.2, -0.15) is 0 Å². The number of nitrogens with one attached hydrogen (secondary N) is 1. The topological polar surface area (TPSA) is 111 Å². The number of likely N-dealkylation sites (N-methyl/N-ethyl adjacent to an activating group) is 1. The summed E-state index contributed by atoms with van der Waals surface area (Å²) >= 11 is 0. The number of phosphoric acid groups is 1. The van der Waals surface area contributed by atoms with Crippen molar-refractivity contribution >= 4 is 19.7 Å². The van der Waals surface area contributed by atoms with Crippen LogP contribution in [0.3, 0.4) is 0 Å². The Morgan fingerprint density at radius 1 is 0.561 bits per heavy atom. The number of allylic oxidation sites excluding steroid dienone is 13. The van der Waals surface area contributed by atoms with Crippen molar-refractivity contribution in [3.05, 3.63) is 85.1 Å². The summed E-state index contributed by atoms with van der Waals surface area (Å²) in [6, 6.07) is -0.870. The number of ether oxygens (including phenoxy) is 1. The van der Waals surface area contributed by atoms with Crippen LogP contribution >= 0.6 is 7.82 Å². The molecular formula is C56H100N2O7P+. The van der Waals surface area contributed by atoms with Gasteiger partial charge < -0.3 is 19.4 Å². The molecule has 0 aliphatic heterocycles. The Labute approximate surface area is 406 Å². The highest BCUT2D eigenvalue weighted by Crippen LogP contribution is 2.43. The maximum atomic E-state index is 13.4. The largest absolute Gasteiger partial charge is 0.472 e. The first kappa shape index (κ1) is 63.2. The van der Waals surface area contributed by atoms with Crippen LogP contribution in [-0.4, -0.2) is 74.3 Å². The van der Waals surface area contributed by atoms with Crippen molar-refractivity contribution in [2.75, 3.05) is 40.9 Å². The van der Waals surface area contributed by atoms with Crippen LogP contribution in [0.25, 0.3) is 0 Å². The predicted octanol–water partition coefficient (Wildman–Crippen LogP) is 15.5. The van der Waals surface area contributed by atoms with Gasteiger partial charge in [0.1, 0.15) is 19.3 Å². The SMILES string of the molecule is CC/C=C/C=C/C=C\CCCCCCCC(=O)NC(COP(=O)(O)OCC[N+](C)(C)C)C(/C=C/CCCCCCCCCCCCC)OC(=O)CCCCCC/C=C/C/C=C/C/C=C/CC. The second kappa shape index (κ2) is 45.9. The summed E-state index contributed by atoms with van der Waals surface area (Å²) < 4.78 is 30.5. The molecule has 0 spiro atoms. The molecular weight excluding hydrogens is 844 g/mol. The molecule has 0 saturated heterocycles. The number of quaternary nitrogens is 1. The highest BCUT2D eigenvalue weighted by molar-refractivity contribution is 7.47. The normalized spacial score (nSPS) is 14.6. The predicted molar refractivity (Wildman–Crippen MR) is 281 cm³/mol. The summed E-state index contributed by atoms with van der Waals surface area (Å²) in [7, 11) is 1.45. The average Bonchev–Trinajstić information content (AvgIpc) is 3.27. The number of hydrogen-bond acceptors (Lipinski definition) is 6. The molecule has 0 fully saturated rings. The van der Waals surface area contributed by atoms with E-state index in [4.69, 9.17) is 13.8 Å². The molecule has 0 saturated carbocycles. The summed E-state index contributed by atoms with van der Waals surface area (Å²) in [5.41, 5.74) is 0. The highest BCUT2D eigenvalue weighted by Gasteiger charge is 2.30. The number of carbonyl (C=O) groups excluding carboxylic acids is 2. The minimum Gasteiger partial charge on any atom is -0.456 e. The maximum absolute atomic E-state index is 13.4. The van der Waals surface area contributed by atoms with Crippen LogP contribution < -0.4 is 5.32 Å². The first-order valence-electron chi connectivity index (χ1n) is 26.4. The van der Waals surface area contributed by atoms with Crippen LogP contribution in [-0.2, 0) is 27.9 Å². The number of nitrogens with zero attached hydrogens (tertiary/aromatic N) is 1. The van der Waals surface area contributed by atoms with E-state index in [2.05, 4.69) is 92.9 Å². The third-order valence-corrected chi connectivity index (χ3v) is 12.1. The second-order valence-electron chi connectivity index (χ2n) is 18.7. The van der Waals surface area contributed by atoms with Gasteiger partial charge in [0.05, 0.1) is 33.8 Å². The number of unbranched alkanes of at least 4 members (excludes halogenated alkanes) is 20. The van der Waals surface area contributed by atoms with Gasteiger partial charge >= 0.3 is 13.8 Å². The van der Waals surface area contributed by atoms with Gasteiger partial charge in [-0.25, -0.2) is 4.57 Å². The lowest BCUT2D eigenvalue weighted by molar-refractivity contribution is -0.870. The lowest BCUT2D eigenvalue weighted by atomic mass is 10.0. The second-order valence-corrected chi connectivity index (χ2v) is 20.1. The van der Waals surface area contributed by atoms with Gasteiger partial charge in [0, 0.05) is 12.8 Å². The van der Waals surface area contributed by atoms with Crippen LogP contribution in [0.4, 0.5) is 0 Å². The molecule has 0 radical (unpaired) electrons. The Hall–Kier alpha value is -2.81. The molecule has 10 heteroatoms. The van der Waals surface area contributed by atoms with E-state index in [0.29, 0.717) is 23.9 Å². The minimum absolute atomic E-state index is 0.0282. The standard InChI is InChI=1S/C56H99N2O7P/c1-7-10-13-16-19-22-25-28-31-34-37-40-43-46-49-56(60)65-54(47-44-41-38-35-32-29-26-23-20-17-14-11-8-2)53(52-64-66(61,62)63-51-50-58(4,5)6)57-55(59)48-45-42-39-36-33-30-27-24-21-18-15-12-9-3/h10,12-13,15,18-19,21-22,24,27-28,31,44,47,53-54H,7-9,11,14,16-17,20,23,25-26,29-30,32-43,45-46,48-52H2,1-6H3,(H-,57,59,61,62)/p+1/b13-10+,15-12+,21-18+,22-19+,27-24-,31-28+,47-44+. The number of amides is 1. The van der Waals surface area contributed by atoms with E-state index in [1.807, 2.05) is 39.4 Å². The number of hydrogen-bond donors (Lipinski definition) is 2. The highest BCUT2D eigenvalue weighted by atomic mass is 31.2. The molecule has 3 unspecified atom stereocenters. The van der Waals surface area contributed by atoms with Gasteiger partial charge in [-0.05, 0) is 83.1 Å². The number of carbonyl (C=O) groups is 2. The Balaban J connectivity index is 5.52. The zero-order valence-corrected chi connectivity index (χ0v) is 44.1. The summed E-state index contributed by atoms with van der Waals surface area (Å²) in [6.45, 7) is 6.71. The summed E-state index contributed by atoms with van der Waals surface area (Å²) in [6.07, 6.45) is 58.6. The fourth-order valence-electron chi connectivity index (χ4n) is 7.07. The van der Waals surface area contributed by atoms with Crippen LogP contribution in [0.15, 0.2) is 85.1 Å². The zero-order valence-electron chi connectivity index (χ0n) is 43.2. The fourth-order valence-corrected chi connectivity index (χ4v) is 7.81.